The number of rotatable bonds is 0. The van der Waals surface area contributed by atoms with Crippen molar-refractivity contribution in [3.8, 4) is 0 Å². The van der Waals surface area contributed by atoms with E-state index in [2.05, 4.69) is 6.07 Å². The Kier molecular flexibility index (Phi) is 1.63. The summed E-state index contributed by atoms with van der Waals surface area (Å²) in [5.41, 5.74) is 7.02. The van der Waals surface area contributed by atoms with Crippen molar-refractivity contribution in [1.82, 2.24) is 0 Å². The van der Waals surface area contributed by atoms with Gasteiger partial charge in [-0.15, -0.1) is 0 Å². The standard InChI is InChI=1S/C7H7ClN/c1-5-2-3-7(9)6(8)4-5/h2-3H,9H2,1H3. The van der Waals surface area contributed by atoms with Crippen LogP contribution >= 0.6 is 11.6 Å². The van der Waals surface area contributed by atoms with Crippen molar-refractivity contribution in [3.05, 3.63) is 28.8 Å². The molecule has 1 aromatic carbocycles. The average Bonchev–Trinajstić information content (AvgIpc) is 1.80. The minimum Gasteiger partial charge on any atom is -0.398 e. The minimum absolute atomic E-state index is 0.509. The van der Waals surface area contributed by atoms with Crippen LogP contribution in [0.2, 0.25) is 5.02 Å². The SMILES string of the molecule is Cc1[c]c(Cl)c(N)cc1. The van der Waals surface area contributed by atoms with Crippen LogP contribution in [0.25, 0.3) is 0 Å². The first-order valence-corrected chi connectivity index (χ1v) is 3.02. The molecule has 1 nitrogen and oxygen atoms in total. The van der Waals surface area contributed by atoms with E-state index in [1.165, 1.54) is 0 Å². The van der Waals surface area contributed by atoms with Gasteiger partial charge in [-0.25, -0.2) is 0 Å². The topological polar surface area (TPSA) is 26.0 Å². The number of hydrogen-bond acceptors (Lipinski definition) is 1. The molecule has 0 aliphatic heterocycles. The molecule has 0 saturated heterocycles. The molecule has 0 amide bonds. The lowest BCUT2D eigenvalue weighted by atomic mass is 10.2. The zero-order valence-corrected chi connectivity index (χ0v) is 5.87. The first-order valence-electron chi connectivity index (χ1n) is 2.64. The van der Waals surface area contributed by atoms with Crippen molar-refractivity contribution in [1.29, 1.82) is 0 Å². The summed E-state index contributed by atoms with van der Waals surface area (Å²) < 4.78 is 0. The molecule has 0 spiro atoms. The lowest BCUT2D eigenvalue weighted by Crippen LogP contribution is -1.85. The molecule has 9 heavy (non-hydrogen) atoms. The fraction of sp³-hybridized carbons (Fsp3) is 0.143. The Hall–Kier alpha value is -0.690. The molecule has 0 aliphatic carbocycles. The molecule has 47 valence electrons. The molecule has 1 radical (unpaired) electrons. The average molecular weight is 141 g/mol. The number of benzene rings is 1. The van der Waals surface area contributed by atoms with Gasteiger partial charge in [-0.05, 0) is 18.6 Å². The van der Waals surface area contributed by atoms with E-state index >= 15 is 0 Å². The molecular weight excluding hydrogens is 134 g/mol. The molecule has 0 saturated carbocycles. The second kappa shape index (κ2) is 2.28. The highest BCUT2D eigenvalue weighted by Crippen LogP contribution is 2.17. The molecule has 0 aliphatic rings. The Morgan fingerprint density at radius 2 is 2.22 bits per heavy atom. The van der Waals surface area contributed by atoms with Gasteiger partial charge in [-0.3, -0.25) is 0 Å². The molecule has 0 fully saturated rings. The normalized spacial score (nSPS) is 9.56. The Bertz CT molecular complexity index is 220. The minimum atomic E-state index is 0.509. The number of hydrogen-bond donors (Lipinski definition) is 1. The van der Waals surface area contributed by atoms with Crippen molar-refractivity contribution in [2.24, 2.45) is 0 Å². The molecule has 1 aromatic rings. The van der Waals surface area contributed by atoms with Gasteiger partial charge >= 0.3 is 0 Å². The highest BCUT2D eigenvalue weighted by atomic mass is 35.5. The maximum absolute atomic E-state index is 5.63. The number of nitrogen functional groups attached to an aromatic ring is 1. The molecule has 0 bridgehead atoms. The van der Waals surface area contributed by atoms with Crippen LogP contribution in [0.5, 0.6) is 0 Å². The number of nitrogens with two attached hydrogens (primary N) is 1. The van der Waals surface area contributed by atoms with Crippen LogP contribution in [-0.2, 0) is 0 Å². The van der Waals surface area contributed by atoms with Gasteiger partial charge in [0.1, 0.15) is 0 Å². The summed E-state index contributed by atoms with van der Waals surface area (Å²) >= 11 is 5.63. The van der Waals surface area contributed by atoms with E-state index in [0.717, 1.165) is 5.56 Å². The van der Waals surface area contributed by atoms with Crippen molar-refractivity contribution in [3.63, 3.8) is 0 Å². The van der Waals surface area contributed by atoms with Crippen molar-refractivity contribution < 1.29 is 0 Å². The van der Waals surface area contributed by atoms with Crippen LogP contribution in [0.15, 0.2) is 12.1 Å². The summed E-state index contributed by atoms with van der Waals surface area (Å²) in [7, 11) is 0. The van der Waals surface area contributed by atoms with E-state index in [4.69, 9.17) is 17.3 Å². The maximum atomic E-state index is 5.63. The quantitative estimate of drug-likeness (QED) is 0.549. The molecule has 2 N–H and O–H groups in total. The zero-order valence-electron chi connectivity index (χ0n) is 5.11. The van der Waals surface area contributed by atoms with E-state index in [9.17, 15) is 0 Å². The van der Waals surface area contributed by atoms with Gasteiger partial charge in [0.2, 0.25) is 0 Å². The first-order chi connectivity index (χ1) is 4.20. The lowest BCUT2D eigenvalue weighted by molar-refractivity contribution is 1.46. The van der Waals surface area contributed by atoms with Crippen LogP contribution in [0.4, 0.5) is 5.69 Å². The van der Waals surface area contributed by atoms with E-state index < -0.39 is 0 Å². The Balaban J connectivity index is 3.17. The van der Waals surface area contributed by atoms with Gasteiger partial charge in [-0.2, -0.15) is 0 Å². The highest BCUT2D eigenvalue weighted by Gasteiger charge is 1.93. The second-order valence-corrected chi connectivity index (χ2v) is 2.29. The fourth-order valence-electron chi connectivity index (χ4n) is 0.575. The first kappa shape index (κ1) is 6.43. The Morgan fingerprint density at radius 1 is 1.56 bits per heavy atom. The lowest BCUT2D eigenvalue weighted by Gasteiger charge is -1.95. The summed E-state index contributed by atoms with van der Waals surface area (Å²) in [4.78, 5) is 0. The third-order valence-corrected chi connectivity index (χ3v) is 1.39. The van der Waals surface area contributed by atoms with Gasteiger partial charge in [0.25, 0.3) is 0 Å². The summed E-state index contributed by atoms with van der Waals surface area (Å²) in [6.07, 6.45) is 0. The van der Waals surface area contributed by atoms with Crippen molar-refractivity contribution in [2.75, 3.05) is 5.73 Å². The second-order valence-electron chi connectivity index (χ2n) is 1.91. The zero-order chi connectivity index (χ0) is 6.85. The largest absolute Gasteiger partial charge is 0.398 e. The molecular formula is C7H7ClN. The van der Waals surface area contributed by atoms with E-state index in [-0.39, 0.29) is 0 Å². The van der Waals surface area contributed by atoms with Crippen LogP contribution in [0.1, 0.15) is 5.56 Å². The summed E-state index contributed by atoms with van der Waals surface area (Å²) in [5, 5.41) is 0.509. The Morgan fingerprint density at radius 3 is 2.67 bits per heavy atom. The van der Waals surface area contributed by atoms with E-state index in [1.807, 2.05) is 13.0 Å². The number of halogens is 1. The van der Waals surface area contributed by atoms with E-state index in [0.29, 0.717) is 10.7 Å². The third-order valence-electron chi connectivity index (χ3n) is 1.07. The third kappa shape index (κ3) is 1.36. The number of aryl methyl sites for hydroxylation is 1. The van der Waals surface area contributed by atoms with Crippen LogP contribution in [0, 0.1) is 13.0 Å². The van der Waals surface area contributed by atoms with Crippen molar-refractivity contribution in [2.45, 2.75) is 6.92 Å². The summed E-state index contributed by atoms with van der Waals surface area (Å²) in [6, 6.07) is 6.53. The molecule has 0 aromatic heterocycles. The van der Waals surface area contributed by atoms with Crippen LogP contribution < -0.4 is 5.73 Å². The van der Waals surface area contributed by atoms with Crippen LogP contribution in [0.3, 0.4) is 0 Å². The maximum Gasteiger partial charge on any atom is 0.0717 e. The Labute approximate surface area is 59.4 Å². The monoisotopic (exact) mass is 140 g/mol. The smallest absolute Gasteiger partial charge is 0.0717 e. The highest BCUT2D eigenvalue weighted by molar-refractivity contribution is 6.32. The molecule has 2 heteroatoms. The predicted molar refractivity (Wildman–Crippen MR) is 39.4 cm³/mol. The summed E-state index contributed by atoms with van der Waals surface area (Å²) in [5.74, 6) is 0. The fourth-order valence-corrected chi connectivity index (χ4v) is 0.787. The predicted octanol–water partition coefficient (Wildman–Crippen LogP) is 2.03. The van der Waals surface area contributed by atoms with Gasteiger partial charge < -0.3 is 5.73 Å². The summed E-state index contributed by atoms with van der Waals surface area (Å²) in [6.45, 7) is 1.92. The molecule has 1 rings (SSSR count). The van der Waals surface area contributed by atoms with Crippen molar-refractivity contribution >= 4 is 17.3 Å². The molecule has 0 atom stereocenters. The van der Waals surface area contributed by atoms with Gasteiger partial charge in [0, 0.05) is 6.07 Å². The van der Waals surface area contributed by atoms with E-state index in [1.54, 1.807) is 6.07 Å². The molecule has 0 unspecified atom stereocenters. The van der Waals surface area contributed by atoms with Crippen LogP contribution in [-0.4, -0.2) is 0 Å². The number of anilines is 1. The van der Waals surface area contributed by atoms with Gasteiger partial charge in [-0.1, -0.05) is 17.7 Å². The van der Waals surface area contributed by atoms with Gasteiger partial charge in [0.15, 0.2) is 0 Å². The molecule has 0 heterocycles. The van der Waals surface area contributed by atoms with Gasteiger partial charge in [0.05, 0.1) is 10.7 Å².